The molecule has 1 aliphatic rings. The smallest absolute Gasteiger partial charge is 0.410 e. The zero-order valence-corrected chi connectivity index (χ0v) is 21.9. The lowest BCUT2D eigenvalue weighted by atomic mass is 10.1. The molecule has 0 bridgehead atoms. The van der Waals surface area contributed by atoms with Crippen molar-refractivity contribution in [2.45, 2.75) is 51.9 Å². The van der Waals surface area contributed by atoms with Crippen molar-refractivity contribution < 1.29 is 23.9 Å². The third-order valence-electron chi connectivity index (χ3n) is 5.79. The number of hydrogen-bond acceptors (Lipinski definition) is 6. The molecule has 3 amide bonds. The van der Waals surface area contributed by atoms with E-state index < -0.39 is 23.0 Å². The summed E-state index contributed by atoms with van der Waals surface area (Å²) >= 11 is 0. The minimum atomic E-state index is -0.559. The molecule has 10 nitrogen and oxygen atoms in total. The predicted molar refractivity (Wildman–Crippen MR) is 139 cm³/mol. The Labute approximate surface area is 216 Å². The Bertz CT molecular complexity index is 1160. The highest BCUT2D eigenvalue weighted by atomic mass is 16.6. The van der Waals surface area contributed by atoms with Gasteiger partial charge in [0.05, 0.1) is 31.4 Å². The van der Waals surface area contributed by atoms with Gasteiger partial charge in [0.15, 0.2) is 0 Å². The summed E-state index contributed by atoms with van der Waals surface area (Å²) in [5.41, 5.74) is -0.0768. The minimum Gasteiger partial charge on any atom is -0.444 e. The zero-order chi connectivity index (χ0) is 27.0. The van der Waals surface area contributed by atoms with E-state index in [2.05, 4.69) is 10.6 Å². The number of benzene rings is 1. The second-order valence-corrected chi connectivity index (χ2v) is 9.96. The topological polar surface area (TPSA) is 119 Å². The van der Waals surface area contributed by atoms with Gasteiger partial charge < -0.3 is 29.6 Å². The zero-order valence-electron chi connectivity index (χ0n) is 21.9. The first-order valence-electron chi connectivity index (χ1n) is 12.5. The van der Waals surface area contributed by atoms with Crippen molar-refractivity contribution in [1.29, 1.82) is 0 Å². The lowest BCUT2D eigenvalue weighted by molar-refractivity contribution is -0.0191. The summed E-state index contributed by atoms with van der Waals surface area (Å²) in [4.78, 5) is 52.0. The van der Waals surface area contributed by atoms with E-state index in [0.717, 1.165) is 18.4 Å². The monoisotopic (exact) mass is 512 g/mol. The molecule has 2 heterocycles. The molecule has 1 atom stereocenters. The van der Waals surface area contributed by atoms with Crippen LogP contribution >= 0.6 is 0 Å². The number of carbonyl (C=O) groups is 3. The number of pyridine rings is 1. The number of rotatable bonds is 8. The van der Waals surface area contributed by atoms with Crippen LogP contribution in [0.25, 0.3) is 0 Å². The van der Waals surface area contributed by atoms with E-state index in [1.165, 1.54) is 23.9 Å². The molecule has 1 aliphatic heterocycles. The third kappa shape index (κ3) is 8.18. The molecule has 0 aliphatic carbocycles. The van der Waals surface area contributed by atoms with Crippen molar-refractivity contribution in [2.75, 3.05) is 33.3 Å². The van der Waals surface area contributed by atoms with Crippen LogP contribution in [0.3, 0.4) is 0 Å². The van der Waals surface area contributed by atoms with E-state index in [9.17, 15) is 19.2 Å². The van der Waals surface area contributed by atoms with E-state index in [1.807, 2.05) is 51.1 Å². The van der Waals surface area contributed by atoms with Gasteiger partial charge in [0.2, 0.25) is 0 Å². The first kappa shape index (κ1) is 27.9. The Morgan fingerprint density at radius 1 is 1.11 bits per heavy atom. The van der Waals surface area contributed by atoms with Gasteiger partial charge in [-0.05, 0) is 45.2 Å². The maximum atomic E-state index is 12.9. The number of aromatic nitrogens is 1. The summed E-state index contributed by atoms with van der Waals surface area (Å²) in [6.45, 7) is 7.26. The van der Waals surface area contributed by atoms with E-state index in [0.29, 0.717) is 13.1 Å². The van der Waals surface area contributed by atoms with Crippen LogP contribution in [0, 0.1) is 0 Å². The van der Waals surface area contributed by atoms with E-state index in [1.54, 1.807) is 4.90 Å². The second-order valence-electron chi connectivity index (χ2n) is 9.96. The third-order valence-corrected chi connectivity index (χ3v) is 5.79. The number of hydrogen-bond donors (Lipinski definition) is 2. The Hall–Kier alpha value is -3.66. The van der Waals surface area contributed by atoms with Crippen molar-refractivity contribution in [1.82, 2.24) is 20.1 Å². The van der Waals surface area contributed by atoms with Gasteiger partial charge in [0.1, 0.15) is 11.2 Å². The predicted octanol–water partition coefficient (Wildman–Crippen LogP) is 2.40. The summed E-state index contributed by atoms with van der Waals surface area (Å²) in [6, 6.07) is 10.6. The molecule has 2 aromatic rings. The molecule has 37 heavy (non-hydrogen) atoms. The molecule has 1 aromatic heterocycles. The first-order chi connectivity index (χ1) is 17.6. The number of piperidine rings is 1. The average Bonchev–Trinajstić information content (AvgIpc) is 2.87. The van der Waals surface area contributed by atoms with Crippen molar-refractivity contribution in [3.8, 4) is 0 Å². The van der Waals surface area contributed by atoms with Crippen molar-refractivity contribution in [2.24, 2.45) is 0 Å². The van der Waals surface area contributed by atoms with Crippen LogP contribution in [0.15, 0.2) is 47.4 Å². The van der Waals surface area contributed by atoms with Crippen molar-refractivity contribution >= 4 is 17.9 Å². The van der Waals surface area contributed by atoms with Gasteiger partial charge >= 0.3 is 6.09 Å². The van der Waals surface area contributed by atoms with Gasteiger partial charge in [0, 0.05) is 26.3 Å². The SMILES string of the molecule is CNC(=O)c1cc(C(=O)NCCOC2CCCN(C(=O)OC(C)(C)C)C2)cn(Cc2ccccc2)c1=O. The van der Waals surface area contributed by atoms with Crippen LogP contribution in [-0.2, 0) is 16.0 Å². The van der Waals surface area contributed by atoms with Crippen LogP contribution < -0.4 is 16.2 Å². The summed E-state index contributed by atoms with van der Waals surface area (Å²) in [5, 5.41) is 5.23. The number of ether oxygens (including phenoxy) is 2. The summed E-state index contributed by atoms with van der Waals surface area (Å²) in [5.74, 6) is -0.980. The largest absolute Gasteiger partial charge is 0.444 e. The van der Waals surface area contributed by atoms with Crippen molar-refractivity contribution in [3.05, 3.63) is 69.6 Å². The highest BCUT2D eigenvalue weighted by molar-refractivity contribution is 5.99. The molecule has 1 aromatic carbocycles. The first-order valence-corrected chi connectivity index (χ1v) is 12.5. The van der Waals surface area contributed by atoms with Crippen LogP contribution in [0.2, 0.25) is 0 Å². The van der Waals surface area contributed by atoms with Gasteiger partial charge in [0.25, 0.3) is 17.4 Å². The van der Waals surface area contributed by atoms with Gasteiger partial charge in [-0.3, -0.25) is 14.4 Å². The molecule has 1 unspecified atom stereocenters. The standard InChI is InChI=1S/C27H36N4O6/c1-27(2,3)37-26(35)30-13-8-11-21(18-30)36-14-12-29-23(32)20-15-22(24(33)28-4)25(34)31(17-20)16-19-9-6-5-7-10-19/h5-7,9-10,15,17,21H,8,11-14,16,18H2,1-4H3,(H,28,33)(H,29,32). The van der Waals surface area contributed by atoms with Gasteiger partial charge in [-0.25, -0.2) is 4.79 Å². The Morgan fingerprint density at radius 3 is 2.51 bits per heavy atom. The van der Waals surface area contributed by atoms with Crippen molar-refractivity contribution in [3.63, 3.8) is 0 Å². The molecule has 0 saturated carbocycles. The normalized spacial score (nSPS) is 15.7. The number of nitrogens with one attached hydrogen (secondary N) is 2. The van der Waals surface area contributed by atoms with Crippen LogP contribution in [0.4, 0.5) is 4.79 Å². The lowest BCUT2D eigenvalue weighted by Gasteiger charge is -2.34. The molecule has 1 fully saturated rings. The highest BCUT2D eigenvalue weighted by Gasteiger charge is 2.28. The van der Waals surface area contributed by atoms with Crippen LogP contribution in [0.5, 0.6) is 0 Å². The molecule has 0 spiro atoms. The molecule has 0 radical (unpaired) electrons. The lowest BCUT2D eigenvalue weighted by Crippen LogP contribution is -2.45. The molecule has 1 saturated heterocycles. The average molecular weight is 513 g/mol. The maximum Gasteiger partial charge on any atom is 0.410 e. The van der Waals surface area contributed by atoms with E-state index >= 15 is 0 Å². The fraction of sp³-hybridized carbons (Fsp3) is 0.481. The van der Waals surface area contributed by atoms with E-state index in [4.69, 9.17) is 9.47 Å². The van der Waals surface area contributed by atoms with Gasteiger partial charge in [-0.15, -0.1) is 0 Å². The molecular formula is C27H36N4O6. The van der Waals surface area contributed by atoms with Crippen LogP contribution in [0.1, 0.15) is 59.9 Å². The number of carbonyl (C=O) groups excluding carboxylic acids is 3. The number of nitrogens with zero attached hydrogens (tertiary/aromatic N) is 2. The molecule has 3 rings (SSSR count). The van der Waals surface area contributed by atoms with Gasteiger partial charge in [-0.2, -0.15) is 0 Å². The van der Waals surface area contributed by atoms with Gasteiger partial charge in [-0.1, -0.05) is 30.3 Å². The minimum absolute atomic E-state index is 0.105. The quantitative estimate of drug-likeness (QED) is 0.525. The number of amides is 3. The Morgan fingerprint density at radius 2 is 1.84 bits per heavy atom. The fourth-order valence-corrected chi connectivity index (χ4v) is 4.01. The molecule has 10 heteroatoms. The summed E-state index contributed by atoms with van der Waals surface area (Å²) in [6.07, 6.45) is 2.57. The molecule has 2 N–H and O–H groups in total. The highest BCUT2D eigenvalue weighted by Crippen LogP contribution is 2.17. The molecule has 200 valence electrons. The van der Waals surface area contributed by atoms with Crippen LogP contribution in [-0.4, -0.2) is 72.4 Å². The maximum absolute atomic E-state index is 12.9. The summed E-state index contributed by atoms with van der Waals surface area (Å²) < 4.78 is 12.7. The number of likely N-dealkylation sites (tertiary alicyclic amines) is 1. The van der Waals surface area contributed by atoms with E-state index in [-0.39, 0.29) is 43.0 Å². The molecular weight excluding hydrogens is 476 g/mol. The Balaban J connectivity index is 1.59. The Kier molecular flexibility index (Phi) is 9.46. The fourth-order valence-electron chi connectivity index (χ4n) is 4.01. The summed E-state index contributed by atoms with van der Waals surface area (Å²) in [7, 11) is 1.43. The second kappa shape index (κ2) is 12.5.